The van der Waals surface area contributed by atoms with Crippen molar-refractivity contribution in [3.8, 4) is 22.7 Å². The molecule has 1 fully saturated rings. The molecule has 1 saturated carbocycles. The molecular formula is C21H23N3O. The minimum absolute atomic E-state index is 0.244. The lowest BCUT2D eigenvalue weighted by molar-refractivity contribution is 0.148. The van der Waals surface area contributed by atoms with Crippen molar-refractivity contribution in [2.75, 3.05) is 0 Å². The topological polar surface area (TPSA) is 53.1 Å². The van der Waals surface area contributed by atoms with Gasteiger partial charge in [-0.3, -0.25) is 0 Å². The highest BCUT2D eigenvalue weighted by molar-refractivity contribution is 5.69. The Labute approximate surface area is 148 Å². The fourth-order valence-electron chi connectivity index (χ4n) is 3.45. The van der Waals surface area contributed by atoms with Crippen LogP contribution in [0.1, 0.15) is 25.7 Å². The monoisotopic (exact) mass is 333 g/mol. The predicted molar refractivity (Wildman–Crippen MR) is 99.9 cm³/mol. The average Bonchev–Trinajstić information content (AvgIpc) is 3.14. The maximum Gasteiger partial charge on any atom is 0.129 e. The summed E-state index contributed by atoms with van der Waals surface area (Å²) in [6, 6.07) is 20.7. The molecular weight excluding hydrogens is 310 g/mol. The van der Waals surface area contributed by atoms with Crippen LogP contribution in [-0.4, -0.2) is 21.9 Å². The van der Waals surface area contributed by atoms with Crippen LogP contribution in [0.5, 0.6) is 5.75 Å². The molecule has 128 valence electrons. The zero-order valence-electron chi connectivity index (χ0n) is 14.2. The van der Waals surface area contributed by atoms with E-state index in [2.05, 4.69) is 23.3 Å². The summed E-state index contributed by atoms with van der Waals surface area (Å²) in [5.74, 6) is 0.917. The minimum Gasteiger partial charge on any atom is -0.490 e. The second-order valence-electron chi connectivity index (χ2n) is 6.61. The van der Waals surface area contributed by atoms with Gasteiger partial charge in [0.2, 0.25) is 0 Å². The van der Waals surface area contributed by atoms with Crippen molar-refractivity contribution in [3.63, 3.8) is 0 Å². The van der Waals surface area contributed by atoms with Gasteiger partial charge in [0.1, 0.15) is 5.75 Å². The van der Waals surface area contributed by atoms with Crippen LogP contribution in [0.15, 0.2) is 66.9 Å². The lowest BCUT2D eigenvalue weighted by Crippen LogP contribution is -2.31. The molecule has 2 N–H and O–H groups in total. The van der Waals surface area contributed by atoms with Crippen molar-refractivity contribution in [2.45, 2.75) is 37.8 Å². The summed E-state index contributed by atoms with van der Waals surface area (Å²) in [5.41, 5.74) is 9.16. The van der Waals surface area contributed by atoms with E-state index in [9.17, 15) is 0 Å². The molecule has 1 aliphatic rings. The first-order chi connectivity index (χ1) is 12.3. The average molecular weight is 333 g/mol. The molecule has 0 spiro atoms. The number of para-hydroxylation sites is 2. The maximum absolute atomic E-state index is 6.35. The van der Waals surface area contributed by atoms with Gasteiger partial charge < -0.3 is 10.5 Å². The third kappa shape index (κ3) is 3.44. The minimum atomic E-state index is 0.244. The molecule has 1 aliphatic carbocycles. The van der Waals surface area contributed by atoms with Gasteiger partial charge in [-0.25, -0.2) is 4.68 Å². The predicted octanol–water partition coefficient (Wildman–Crippen LogP) is 4.19. The largest absolute Gasteiger partial charge is 0.490 e. The van der Waals surface area contributed by atoms with Crippen LogP contribution in [0.4, 0.5) is 0 Å². The first kappa shape index (κ1) is 15.9. The summed E-state index contributed by atoms with van der Waals surface area (Å²) in [6.45, 7) is 0. The van der Waals surface area contributed by atoms with E-state index in [1.807, 2.05) is 53.3 Å². The summed E-state index contributed by atoms with van der Waals surface area (Å²) in [7, 11) is 0. The Morgan fingerprint density at radius 2 is 1.60 bits per heavy atom. The van der Waals surface area contributed by atoms with Crippen molar-refractivity contribution in [3.05, 3.63) is 66.9 Å². The highest BCUT2D eigenvalue weighted by atomic mass is 16.5. The zero-order valence-corrected chi connectivity index (χ0v) is 14.2. The first-order valence-electron chi connectivity index (χ1n) is 8.92. The maximum atomic E-state index is 6.35. The second kappa shape index (κ2) is 7.11. The molecule has 25 heavy (non-hydrogen) atoms. The Morgan fingerprint density at radius 1 is 0.880 bits per heavy atom. The third-order valence-corrected chi connectivity index (χ3v) is 4.82. The van der Waals surface area contributed by atoms with E-state index in [-0.39, 0.29) is 6.10 Å². The number of hydrogen-bond acceptors (Lipinski definition) is 3. The molecule has 4 nitrogen and oxygen atoms in total. The number of nitrogens with two attached hydrogens (primary N) is 1. The van der Waals surface area contributed by atoms with E-state index < -0.39 is 0 Å². The first-order valence-corrected chi connectivity index (χ1v) is 8.92. The Hall–Kier alpha value is -2.59. The van der Waals surface area contributed by atoms with Gasteiger partial charge in [-0.15, -0.1) is 0 Å². The third-order valence-electron chi connectivity index (χ3n) is 4.82. The van der Waals surface area contributed by atoms with E-state index in [4.69, 9.17) is 10.5 Å². The van der Waals surface area contributed by atoms with E-state index in [1.165, 1.54) is 0 Å². The van der Waals surface area contributed by atoms with Crippen molar-refractivity contribution < 1.29 is 4.74 Å². The molecule has 0 unspecified atom stereocenters. The van der Waals surface area contributed by atoms with Crippen molar-refractivity contribution in [2.24, 2.45) is 5.73 Å². The summed E-state index contributed by atoms with van der Waals surface area (Å²) in [5, 5.41) is 4.51. The summed E-state index contributed by atoms with van der Waals surface area (Å²) in [6.07, 6.45) is 6.19. The number of rotatable bonds is 4. The SMILES string of the molecule is NC1CCC(Oc2ccccc2-c2ccnn2-c2ccccc2)CC1. The van der Waals surface area contributed by atoms with Gasteiger partial charge >= 0.3 is 0 Å². The van der Waals surface area contributed by atoms with Crippen LogP contribution < -0.4 is 10.5 Å². The number of benzene rings is 2. The fourth-order valence-corrected chi connectivity index (χ4v) is 3.45. The van der Waals surface area contributed by atoms with Crippen molar-refractivity contribution in [1.29, 1.82) is 0 Å². The normalized spacial score (nSPS) is 20.4. The van der Waals surface area contributed by atoms with Crippen molar-refractivity contribution in [1.82, 2.24) is 9.78 Å². The molecule has 0 saturated heterocycles. The molecule has 0 atom stereocenters. The highest BCUT2D eigenvalue weighted by Gasteiger charge is 2.21. The molecule has 0 amide bonds. The number of hydrogen-bond donors (Lipinski definition) is 1. The van der Waals surface area contributed by atoms with Crippen LogP contribution in [0.2, 0.25) is 0 Å². The Kier molecular flexibility index (Phi) is 4.53. The quantitative estimate of drug-likeness (QED) is 0.779. The number of aromatic nitrogens is 2. The van der Waals surface area contributed by atoms with Gasteiger partial charge in [0.25, 0.3) is 0 Å². The number of ether oxygens (including phenoxy) is 1. The Morgan fingerprint density at radius 3 is 2.40 bits per heavy atom. The molecule has 0 aliphatic heterocycles. The Balaban J connectivity index is 1.65. The van der Waals surface area contributed by atoms with Gasteiger partial charge in [-0.2, -0.15) is 5.10 Å². The van der Waals surface area contributed by atoms with E-state index in [0.29, 0.717) is 6.04 Å². The highest BCUT2D eigenvalue weighted by Crippen LogP contribution is 2.33. The molecule has 1 heterocycles. The Bertz CT molecular complexity index is 820. The van der Waals surface area contributed by atoms with Crippen LogP contribution in [-0.2, 0) is 0 Å². The van der Waals surface area contributed by atoms with Gasteiger partial charge in [0.05, 0.1) is 23.7 Å². The van der Waals surface area contributed by atoms with Crippen LogP contribution in [0, 0.1) is 0 Å². The van der Waals surface area contributed by atoms with Gasteiger partial charge in [-0.1, -0.05) is 30.3 Å². The van der Waals surface area contributed by atoms with Crippen LogP contribution in [0.3, 0.4) is 0 Å². The molecule has 0 bridgehead atoms. The second-order valence-corrected chi connectivity index (χ2v) is 6.61. The molecule has 4 rings (SSSR count). The van der Waals surface area contributed by atoms with Crippen molar-refractivity contribution >= 4 is 0 Å². The van der Waals surface area contributed by atoms with Gasteiger partial charge in [0.15, 0.2) is 0 Å². The standard InChI is InChI=1S/C21H23N3O/c22-16-10-12-18(13-11-16)25-21-9-5-4-8-19(21)20-14-15-23-24(20)17-6-2-1-3-7-17/h1-9,14-16,18H,10-13,22H2. The van der Waals surface area contributed by atoms with Gasteiger partial charge in [-0.05, 0) is 56.0 Å². The molecule has 4 heteroatoms. The zero-order chi connectivity index (χ0) is 17.1. The molecule has 3 aromatic rings. The fraction of sp³-hybridized carbons (Fsp3) is 0.286. The molecule has 2 aromatic carbocycles. The molecule has 0 radical (unpaired) electrons. The summed E-state index contributed by atoms with van der Waals surface area (Å²) < 4.78 is 8.31. The lowest BCUT2D eigenvalue weighted by Gasteiger charge is -2.27. The molecule has 1 aromatic heterocycles. The van der Waals surface area contributed by atoms with E-state index >= 15 is 0 Å². The lowest BCUT2D eigenvalue weighted by atomic mass is 9.93. The smallest absolute Gasteiger partial charge is 0.129 e. The van der Waals surface area contributed by atoms with Crippen LogP contribution in [0.25, 0.3) is 16.9 Å². The number of nitrogens with zero attached hydrogens (tertiary/aromatic N) is 2. The van der Waals surface area contributed by atoms with Crippen LogP contribution >= 0.6 is 0 Å². The summed E-state index contributed by atoms with van der Waals surface area (Å²) in [4.78, 5) is 0. The van der Waals surface area contributed by atoms with Gasteiger partial charge in [0, 0.05) is 11.6 Å². The summed E-state index contributed by atoms with van der Waals surface area (Å²) >= 11 is 0. The van der Waals surface area contributed by atoms with E-state index in [1.54, 1.807) is 0 Å². The van der Waals surface area contributed by atoms with E-state index in [0.717, 1.165) is 48.4 Å².